The van der Waals surface area contributed by atoms with Crippen LogP contribution in [0.2, 0.25) is 0 Å². The third kappa shape index (κ3) is 7.81. The molecule has 1 aromatic carbocycles. The number of unbranched alkanes of at least 4 members (excludes halogenated alkanes) is 3. The Kier molecular flexibility index (Phi) is 10.9. The molecule has 3 N–H and O–H groups in total. The number of carbonyl (C=O) groups is 1. The second-order valence-corrected chi connectivity index (χ2v) is 6.06. The second kappa shape index (κ2) is 11.5. The molecule has 1 aromatic rings. The minimum Gasteiger partial charge on any atom is -0.350 e. The van der Waals surface area contributed by atoms with Gasteiger partial charge in [-0.15, -0.1) is 12.4 Å². The molecule has 0 radical (unpaired) electrons. The first-order chi connectivity index (χ1) is 10.0. The lowest BCUT2D eigenvalue weighted by molar-refractivity contribution is -0.121. The van der Waals surface area contributed by atoms with Crippen LogP contribution in [0.1, 0.15) is 76.0 Å². The summed E-state index contributed by atoms with van der Waals surface area (Å²) in [6, 6.07) is 8.59. The van der Waals surface area contributed by atoms with Gasteiger partial charge in [0.25, 0.3) is 0 Å². The van der Waals surface area contributed by atoms with Crippen LogP contribution in [-0.4, -0.2) is 12.5 Å². The summed E-state index contributed by atoms with van der Waals surface area (Å²) in [4.78, 5) is 11.9. The lowest BCUT2D eigenvalue weighted by Gasteiger charge is -2.15. The summed E-state index contributed by atoms with van der Waals surface area (Å²) in [6.07, 6.45) is 4.82. The van der Waals surface area contributed by atoms with Crippen LogP contribution in [0.5, 0.6) is 0 Å². The van der Waals surface area contributed by atoms with E-state index in [0.29, 0.717) is 12.3 Å². The molecule has 126 valence electrons. The summed E-state index contributed by atoms with van der Waals surface area (Å²) in [5.41, 5.74) is 7.94. The molecule has 0 aliphatic heterocycles. The minimum atomic E-state index is 0. The first-order valence-corrected chi connectivity index (χ1v) is 8.14. The molecular weight excluding hydrogens is 296 g/mol. The maximum atomic E-state index is 11.9. The normalized spacial score (nSPS) is 11.9. The van der Waals surface area contributed by atoms with Gasteiger partial charge in [-0.05, 0) is 43.4 Å². The summed E-state index contributed by atoms with van der Waals surface area (Å²) >= 11 is 0. The van der Waals surface area contributed by atoms with E-state index in [1.165, 1.54) is 5.56 Å². The molecule has 1 unspecified atom stereocenters. The van der Waals surface area contributed by atoms with Crippen molar-refractivity contribution in [2.45, 2.75) is 64.8 Å². The highest BCUT2D eigenvalue weighted by Gasteiger charge is 2.09. The Hall–Kier alpha value is -1.06. The van der Waals surface area contributed by atoms with Gasteiger partial charge in [-0.1, -0.05) is 51.0 Å². The van der Waals surface area contributed by atoms with Gasteiger partial charge in [-0.25, -0.2) is 0 Å². The van der Waals surface area contributed by atoms with E-state index in [0.717, 1.165) is 37.8 Å². The van der Waals surface area contributed by atoms with Gasteiger partial charge >= 0.3 is 0 Å². The minimum absolute atomic E-state index is 0. The van der Waals surface area contributed by atoms with Crippen LogP contribution in [0.4, 0.5) is 0 Å². The van der Waals surface area contributed by atoms with Crippen molar-refractivity contribution in [2.24, 2.45) is 5.73 Å². The Morgan fingerprint density at radius 1 is 1.00 bits per heavy atom. The summed E-state index contributed by atoms with van der Waals surface area (Å²) in [6.45, 7) is 7.15. The van der Waals surface area contributed by atoms with Crippen LogP contribution >= 0.6 is 12.4 Å². The van der Waals surface area contributed by atoms with E-state index in [1.807, 2.05) is 6.92 Å². The maximum absolute atomic E-state index is 11.9. The molecule has 0 saturated carbocycles. The Labute approximate surface area is 141 Å². The van der Waals surface area contributed by atoms with E-state index in [4.69, 9.17) is 5.73 Å². The average Bonchev–Trinajstić information content (AvgIpc) is 2.47. The van der Waals surface area contributed by atoms with Crippen molar-refractivity contribution in [1.29, 1.82) is 0 Å². The summed E-state index contributed by atoms with van der Waals surface area (Å²) in [5, 5.41) is 3.07. The third-order valence-electron chi connectivity index (χ3n) is 3.84. The van der Waals surface area contributed by atoms with Gasteiger partial charge in [0.2, 0.25) is 5.91 Å². The quantitative estimate of drug-likeness (QED) is 0.664. The van der Waals surface area contributed by atoms with Gasteiger partial charge in [0, 0.05) is 6.42 Å². The molecule has 3 nitrogen and oxygen atoms in total. The molecule has 0 fully saturated rings. The van der Waals surface area contributed by atoms with Crippen molar-refractivity contribution in [3.05, 3.63) is 35.4 Å². The van der Waals surface area contributed by atoms with E-state index in [9.17, 15) is 4.79 Å². The number of nitrogens with one attached hydrogen (secondary N) is 1. The lowest BCUT2D eigenvalue weighted by Crippen LogP contribution is -2.26. The fraction of sp³-hybridized carbons (Fsp3) is 0.611. The van der Waals surface area contributed by atoms with Crippen LogP contribution in [-0.2, 0) is 4.79 Å². The standard InChI is InChI=1S/C18H30N2O.ClH/c1-14(2)16-9-11-17(12-10-16)15(3)20-18(21)8-6-4-5-7-13-19;/h9-12,14-15H,4-8,13,19H2,1-3H3,(H,20,21);1H. The molecule has 22 heavy (non-hydrogen) atoms. The smallest absolute Gasteiger partial charge is 0.220 e. The Morgan fingerprint density at radius 2 is 1.55 bits per heavy atom. The Bertz CT molecular complexity index is 418. The van der Waals surface area contributed by atoms with Crippen molar-refractivity contribution >= 4 is 18.3 Å². The number of carbonyl (C=O) groups excluding carboxylic acids is 1. The van der Waals surface area contributed by atoms with E-state index in [2.05, 4.69) is 43.4 Å². The first kappa shape index (κ1) is 20.9. The van der Waals surface area contributed by atoms with Crippen molar-refractivity contribution in [3.63, 3.8) is 0 Å². The topological polar surface area (TPSA) is 55.1 Å². The first-order valence-electron chi connectivity index (χ1n) is 8.14. The highest BCUT2D eigenvalue weighted by Crippen LogP contribution is 2.18. The van der Waals surface area contributed by atoms with Crippen molar-refractivity contribution in [2.75, 3.05) is 6.54 Å². The van der Waals surface area contributed by atoms with Crippen LogP contribution < -0.4 is 11.1 Å². The highest BCUT2D eigenvalue weighted by atomic mass is 35.5. The Morgan fingerprint density at radius 3 is 2.09 bits per heavy atom. The van der Waals surface area contributed by atoms with Gasteiger partial charge in [0.05, 0.1) is 6.04 Å². The monoisotopic (exact) mass is 326 g/mol. The average molecular weight is 327 g/mol. The predicted octanol–water partition coefficient (Wildman–Crippen LogP) is 4.32. The molecule has 1 amide bonds. The molecule has 0 heterocycles. The fourth-order valence-electron chi connectivity index (χ4n) is 2.35. The number of amides is 1. The lowest BCUT2D eigenvalue weighted by atomic mass is 9.99. The van der Waals surface area contributed by atoms with Gasteiger partial charge in [-0.3, -0.25) is 4.79 Å². The van der Waals surface area contributed by atoms with Gasteiger partial charge in [0.15, 0.2) is 0 Å². The van der Waals surface area contributed by atoms with Gasteiger partial charge in [0.1, 0.15) is 0 Å². The fourth-order valence-corrected chi connectivity index (χ4v) is 2.35. The largest absolute Gasteiger partial charge is 0.350 e. The van der Waals surface area contributed by atoms with Gasteiger partial charge < -0.3 is 11.1 Å². The van der Waals surface area contributed by atoms with Gasteiger partial charge in [-0.2, -0.15) is 0 Å². The molecule has 4 heteroatoms. The zero-order valence-electron chi connectivity index (χ0n) is 14.1. The second-order valence-electron chi connectivity index (χ2n) is 6.06. The number of benzene rings is 1. The van der Waals surface area contributed by atoms with E-state index < -0.39 is 0 Å². The SMILES string of the molecule is CC(C)c1ccc(C(C)NC(=O)CCCCCCN)cc1.Cl. The molecule has 0 bridgehead atoms. The Balaban J connectivity index is 0.00000441. The van der Waals surface area contributed by atoms with Crippen molar-refractivity contribution in [1.82, 2.24) is 5.32 Å². The van der Waals surface area contributed by atoms with Crippen LogP contribution in [0, 0.1) is 0 Å². The van der Waals surface area contributed by atoms with E-state index in [-0.39, 0.29) is 24.4 Å². The van der Waals surface area contributed by atoms with Crippen molar-refractivity contribution in [3.8, 4) is 0 Å². The molecule has 0 aliphatic rings. The third-order valence-corrected chi connectivity index (χ3v) is 3.84. The van der Waals surface area contributed by atoms with Crippen molar-refractivity contribution < 1.29 is 4.79 Å². The molecule has 1 rings (SSSR count). The number of nitrogens with two attached hydrogens (primary N) is 1. The maximum Gasteiger partial charge on any atom is 0.220 e. The highest BCUT2D eigenvalue weighted by molar-refractivity contribution is 5.85. The summed E-state index contributed by atoms with van der Waals surface area (Å²) in [5.74, 6) is 0.681. The number of halogens is 1. The number of rotatable bonds is 9. The molecule has 0 aliphatic carbocycles. The van der Waals surface area contributed by atoms with Crippen LogP contribution in [0.3, 0.4) is 0 Å². The van der Waals surface area contributed by atoms with Crippen LogP contribution in [0.25, 0.3) is 0 Å². The number of hydrogen-bond donors (Lipinski definition) is 2. The molecule has 0 saturated heterocycles. The molecular formula is C18H31ClN2O. The molecule has 1 atom stereocenters. The predicted molar refractivity (Wildman–Crippen MR) is 96.5 cm³/mol. The summed E-state index contributed by atoms with van der Waals surface area (Å²) in [7, 11) is 0. The molecule has 0 spiro atoms. The van der Waals surface area contributed by atoms with Crippen LogP contribution in [0.15, 0.2) is 24.3 Å². The zero-order chi connectivity index (χ0) is 15.7. The number of hydrogen-bond acceptors (Lipinski definition) is 2. The zero-order valence-corrected chi connectivity index (χ0v) is 14.9. The van der Waals surface area contributed by atoms with E-state index in [1.54, 1.807) is 0 Å². The summed E-state index contributed by atoms with van der Waals surface area (Å²) < 4.78 is 0. The van der Waals surface area contributed by atoms with E-state index >= 15 is 0 Å². The molecule has 0 aromatic heterocycles.